The number of carbonyl (C=O) groups excluding carboxylic acids is 1. The van der Waals surface area contributed by atoms with E-state index in [1.54, 1.807) is 37.3 Å². The zero-order valence-corrected chi connectivity index (χ0v) is 19.0. The van der Waals surface area contributed by atoms with E-state index in [4.69, 9.17) is 0 Å². The lowest BCUT2D eigenvalue weighted by molar-refractivity contribution is -0.123. The molecule has 0 heterocycles. The Hall–Kier alpha value is -3.12. The Morgan fingerprint density at radius 3 is 2.22 bits per heavy atom. The van der Waals surface area contributed by atoms with E-state index in [9.17, 15) is 13.2 Å². The van der Waals surface area contributed by atoms with Crippen LogP contribution in [0.15, 0.2) is 83.8 Å². The minimum absolute atomic E-state index is 0.0544. The monoisotopic (exact) mass is 448 g/mol. The summed E-state index contributed by atoms with van der Waals surface area (Å²) in [6, 6.07) is 24.3. The molecule has 0 atom stereocenters. The van der Waals surface area contributed by atoms with Crippen LogP contribution in [-0.4, -0.2) is 20.9 Å². The van der Waals surface area contributed by atoms with Crippen molar-refractivity contribution < 1.29 is 13.2 Å². The molecule has 3 aromatic carbocycles. The van der Waals surface area contributed by atoms with Gasteiger partial charge in [-0.2, -0.15) is 0 Å². The highest BCUT2D eigenvalue weighted by Gasteiger charge is 2.51. The molecule has 0 aliphatic heterocycles. The molecule has 0 spiro atoms. The van der Waals surface area contributed by atoms with Gasteiger partial charge in [0, 0.05) is 12.2 Å². The fourth-order valence-corrected chi connectivity index (χ4v) is 5.31. The summed E-state index contributed by atoms with van der Waals surface area (Å²) in [5, 5.41) is 3.08. The molecule has 0 saturated heterocycles. The third-order valence-corrected chi connectivity index (χ3v) is 7.57. The molecule has 1 fully saturated rings. The van der Waals surface area contributed by atoms with Crippen LogP contribution < -0.4 is 10.0 Å². The van der Waals surface area contributed by atoms with Crippen LogP contribution in [0.3, 0.4) is 0 Å². The molecule has 32 heavy (non-hydrogen) atoms. The Labute approximate surface area is 189 Å². The lowest BCUT2D eigenvalue weighted by Gasteiger charge is -2.17. The molecule has 6 heteroatoms. The second-order valence-corrected chi connectivity index (χ2v) is 10.0. The van der Waals surface area contributed by atoms with Gasteiger partial charge in [0.25, 0.3) is 10.0 Å². The van der Waals surface area contributed by atoms with Crippen molar-refractivity contribution in [2.75, 3.05) is 11.3 Å². The van der Waals surface area contributed by atoms with Crippen molar-refractivity contribution in [1.82, 2.24) is 5.32 Å². The quantitative estimate of drug-likeness (QED) is 0.471. The first-order chi connectivity index (χ1) is 15.4. The third kappa shape index (κ3) is 4.86. The maximum absolute atomic E-state index is 12.9. The summed E-state index contributed by atoms with van der Waals surface area (Å²) in [4.78, 5) is 13.1. The van der Waals surface area contributed by atoms with E-state index in [-0.39, 0.29) is 10.8 Å². The number of sulfonamides is 1. The van der Waals surface area contributed by atoms with E-state index in [1.807, 2.05) is 36.4 Å². The number of benzene rings is 3. The van der Waals surface area contributed by atoms with Crippen LogP contribution in [0.1, 0.15) is 36.0 Å². The summed E-state index contributed by atoms with van der Waals surface area (Å²) in [6.45, 7) is 2.41. The number of hydrogen-bond donors (Lipinski definition) is 2. The molecule has 0 radical (unpaired) electrons. The molecule has 2 N–H and O–H groups in total. The lowest BCUT2D eigenvalue weighted by atomic mass is 9.94. The summed E-state index contributed by atoms with van der Waals surface area (Å²) in [5.74, 6) is 0.0544. The fraction of sp³-hybridized carbons (Fsp3) is 0.269. The van der Waals surface area contributed by atoms with Gasteiger partial charge in [-0.05, 0) is 67.5 Å². The van der Waals surface area contributed by atoms with Gasteiger partial charge in [-0.3, -0.25) is 9.52 Å². The molecule has 1 aliphatic carbocycles. The van der Waals surface area contributed by atoms with Crippen molar-refractivity contribution in [3.63, 3.8) is 0 Å². The van der Waals surface area contributed by atoms with Crippen LogP contribution in [0.4, 0.5) is 5.69 Å². The van der Waals surface area contributed by atoms with Crippen molar-refractivity contribution >= 4 is 21.6 Å². The summed E-state index contributed by atoms with van der Waals surface area (Å²) >= 11 is 0. The molecule has 0 unspecified atom stereocenters. The molecule has 1 aliphatic rings. The van der Waals surface area contributed by atoms with Gasteiger partial charge in [-0.15, -0.1) is 0 Å². The van der Waals surface area contributed by atoms with Gasteiger partial charge in [-0.25, -0.2) is 8.42 Å². The number of rotatable bonds is 9. The Morgan fingerprint density at radius 2 is 1.56 bits per heavy atom. The predicted molar refractivity (Wildman–Crippen MR) is 127 cm³/mol. The standard InChI is InChI=1S/C26H28N2O3S/c1-20-8-5-6-12-24(20)32(30,31)28-23-15-13-22(14-16-23)26(17-18-26)25(29)27-19-7-11-21-9-3-2-4-10-21/h2-6,8-10,12-16,28H,7,11,17-19H2,1H3,(H,27,29). The van der Waals surface area contributed by atoms with Gasteiger partial charge in [0.05, 0.1) is 10.3 Å². The van der Waals surface area contributed by atoms with Crippen molar-refractivity contribution in [1.29, 1.82) is 0 Å². The van der Waals surface area contributed by atoms with E-state index in [0.29, 0.717) is 17.8 Å². The second-order valence-electron chi connectivity index (χ2n) is 8.38. The highest BCUT2D eigenvalue weighted by molar-refractivity contribution is 7.92. The first-order valence-electron chi connectivity index (χ1n) is 10.9. The van der Waals surface area contributed by atoms with Gasteiger partial charge in [0.2, 0.25) is 5.91 Å². The number of hydrogen-bond acceptors (Lipinski definition) is 3. The summed E-state index contributed by atoms with van der Waals surface area (Å²) in [5.41, 5.74) is 2.89. The molecule has 0 bridgehead atoms. The number of carbonyl (C=O) groups is 1. The number of aryl methyl sites for hydroxylation is 2. The molecular weight excluding hydrogens is 420 g/mol. The van der Waals surface area contributed by atoms with E-state index in [1.165, 1.54) is 5.56 Å². The van der Waals surface area contributed by atoms with Gasteiger partial charge in [0.1, 0.15) is 0 Å². The minimum atomic E-state index is -3.66. The molecule has 3 aromatic rings. The Bertz CT molecular complexity index is 1190. The number of nitrogens with one attached hydrogen (secondary N) is 2. The first-order valence-corrected chi connectivity index (χ1v) is 12.4. The molecular formula is C26H28N2O3S. The zero-order valence-electron chi connectivity index (χ0n) is 18.2. The SMILES string of the molecule is Cc1ccccc1S(=O)(=O)Nc1ccc(C2(C(=O)NCCCc3ccccc3)CC2)cc1. The van der Waals surface area contributed by atoms with Crippen molar-refractivity contribution in [2.24, 2.45) is 0 Å². The highest BCUT2D eigenvalue weighted by Crippen LogP contribution is 2.48. The number of anilines is 1. The van der Waals surface area contributed by atoms with E-state index in [0.717, 1.165) is 31.2 Å². The molecule has 1 saturated carbocycles. The second kappa shape index (κ2) is 9.17. The molecule has 5 nitrogen and oxygen atoms in total. The lowest BCUT2D eigenvalue weighted by Crippen LogP contribution is -2.35. The largest absolute Gasteiger partial charge is 0.355 e. The first kappa shape index (κ1) is 22.1. The number of amides is 1. The summed E-state index contributed by atoms with van der Waals surface area (Å²) in [7, 11) is -3.66. The van der Waals surface area contributed by atoms with Crippen LogP contribution in [0.2, 0.25) is 0 Å². The predicted octanol–water partition coefficient (Wildman–Crippen LogP) is 4.58. The topological polar surface area (TPSA) is 75.3 Å². The maximum Gasteiger partial charge on any atom is 0.262 e. The normalized spacial score (nSPS) is 14.5. The van der Waals surface area contributed by atoms with E-state index >= 15 is 0 Å². The van der Waals surface area contributed by atoms with Gasteiger partial charge in [-0.1, -0.05) is 60.7 Å². The zero-order chi connectivity index (χ0) is 22.6. The van der Waals surface area contributed by atoms with Crippen LogP contribution >= 0.6 is 0 Å². The van der Waals surface area contributed by atoms with Gasteiger partial charge in [0.15, 0.2) is 0 Å². The molecule has 0 aromatic heterocycles. The van der Waals surface area contributed by atoms with Gasteiger partial charge < -0.3 is 5.32 Å². The van der Waals surface area contributed by atoms with Crippen LogP contribution in [-0.2, 0) is 26.7 Å². The average Bonchev–Trinajstić information content (AvgIpc) is 3.60. The smallest absolute Gasteiger partial charge is 0.262 e. The van der Waals surface area contributed by atoms with E-state index in [2.05, 4.69) is 22.2 Å². The fourth-order valence-electron chi connectivity index (χ4n) is 4.01. The highest BCUT2D eigenvalue weighted by atomic mass is 32.2. The Balaban J connectivity index is 1.36. The van der Waals surface area contributed by atoms with Crippen LogP contribution in [0, 0.1) is 6.92 Å². The Kier molecular flexibility index (Phi) is 6.33. The third-order valence-electron chi connectivity index (χ3n) is 6.03. The average molecular weight is 449 g/mol. The molecule has 4 rings (SSSR count). The van der Waals surface area contributed by atoms with Crippen molar-refractivity contribution in [2.45, 2.75) is 42.9 Å². The van der Waals surface area contributed by atoms with Crippen LogP contribution in [0.5, 0.6) is 0 Å². The maximum atomic E-state index is 12.9. The van der Waals surface area contributed by atoms with Crippen molar-refractivity contribution in [3.05, 3.63) is 95.6 Å². The molecule has 166 valence electrons. The molecule has 1 amide bonds. The van der Waals surface area contributed by atoms with E-state index < -0.39 is 15.4 Å². The van der Waals surface area contributed by atoms with Crippen LogP contribution in [0.25, 0.3) is 0 Å². The Morgan fingerprint density at radius 1 is 0.906 bits per heavy atom. The minimum Gasteiger partial charge on any atom is -0.355 e. The summed E-state index contributed by atoms with van der Waals surface area (Å²) < 4.78 is 28.0. The van der Waals surface area contributed by atoms with Crippen molar-refractivity contribution in [3.8, 4) is 0 Å². The van der Waals surface area contributed by atoms with Gasteiger partial charge >= 0.3 is 0 Å². The summed E-state index contributed by atoms with van der Waals surface area (Å²) in [6.07, 6.45) is 3.45.